The van der Waals surface area contributed by atoms with Crippen LogP contribution < -0.4 is 4.90 Å². The highest BCUT2D eigenvalue weighted by Gasteiger charge is 2.33. The minimum Gasteiger partial charge on any atom is -0.369 e. The van der Waals surface area contributed by atoms with Gasteiger partial charge in [-0.05, 0) is 45.4 Å². The monoisotopic (exact) mass is 311 g/mol. The number of rotatable bonds is 1. The summed E-state index contributed by atoms with van der Waals surface area (Å²) in [5, 5.41) is 1.40. The van der Waals surface area contributed by atoms with Gasteiger partial charge in [-0.15, -0.1) is 11.3 Å². The molecule has 0 bridgehead atoms. The lowest BCUT2D eigenvalue weighted by Gasteiger charge is -2.42. The Morgan fingerprint density at radius 2 is 2.20 bits per heavy atom. The van der Waals surface area contributed by atoms with Crippen molar-refractivity contribution in [3.8, 4) is 0 Å². The molecule has 0 N–H and O–H groups in total. The molecule has 0 aliphatic carbocycles. The summed E-state index contributed by atoms with van der Waals surface area (Å²) >= 11 is 7.74. The lowest BCUT2D eigenvalue weighted by atomic mass is 10.1. The van der Waals surface area contributed by atoms with Gasteiger partial charge in [0, 0.05) is 18.0 Å². The first kappa shape index (κ1) is 14.0. The summed E-state index contributed by atoms with van der Waals surface area (Å²) < 4.78 is 5.96. The Labute approximate surface area is 127 Å². The number of ether oxygens (including phenoxy) is 1. The number of aryl methyl sites for hydroxylation is 1. The van der Waals surface area contributed by atoms with Crippen molar-refractivity contribution in [2.75, 3.05) is 18.0 Å². The van der Waals surface area contributed by atoms with Gasteiger partial charge in [-0.2, -0.15) is 4.98 Å². The molecule has 0 saturated carbocycles. The van der Waals surface area contributed by atoms with Gasteiger partial charge in [0.2, 0.25) is 5.28 Å². The summed E-state index contributed by atoms with van der Waals surface area (Å²) in [7, 11) is 0. The minimum absolute atomic E-state index is 0.169. The number of hydrogen-bond donors (Lipinski definition) is 0. The molecule has 2 aromatic rings. The smallest absolute Gasteiger partial charge is 0.225 e. The van der Waals surface area contributed by atoms with E-state index < -0.39 is 0 Å². The summed E-state index contributed by atoms with van der Waals surface area (Å²) in [6, 6.07) is 2.14. The van der Waals surface area contributed by atoms with E-state index in [-0.39, 0.29) is 11.7 Å². The molecule has 1 aliphatic rings. The molecular weight excluding hydrogens is 294 g/mol. The lowest BCUT2D eigenvalue weighted by molar-refractivity contribution is -0.0751. The van der Waals surface area contributed by atoms with Gasteiger partial charge in [-0.25, -0.2) is 4.98 Å². The molecule has 4 nitrogen and oxygen atoms in total. The Morgan fingerprint density at radius 3 is 2.90 bits per heavy atom. The predicted octanol–water partition coefficient (Wildman–Crippen LogP) is 3.66. The molecule has 1 fully saturated rings. The van der Waals surface area contributed by atoms with E-state index in [1.165, 1.54) is 4.88 Å². The van der Waals surface area contributed by atoms with Gasteiger partial charge < -0.3 is 9.64 Å². The van der Waals surface area contributed by atoms with Crippen LogP contribution in [0.5, 0.6) is 0 Å². The van der Waals surface area contributed by atoms with Crippen LogP contribution >= 0.6 is 22.9 Å². The second kappa shape index (κ2) is 4.83. The maximum Gasteiger partial charge on any atom is 0.225 e. The van der Waals surface area contributed by atoms with E-state index >= 15 is 0 Å². The molecule has 1 aliphatic heterocycles. The SMILES string of the molecule is Cc1cc2c(N3CC(C)OC(C)(C)C3)nc(Cl)nc2s1. The van der Waals surface area contributed by atoms with Crippen molar-refractivity contribution in [1.29, 1.82) is 0 Å². The quantitative estimate of drug-likeness (QED) is 0.753. The summed E-state index contributed by atoms with van der Waals surface area (Å²) in [4.78, 5) is 13.2. The molecule has 2 aromatic heterocycles. The van der Waals surface area contributed by atoms with Crippen LogP contribution in [0.4, 0.5) is 5.82 Å². The number of hydrogen-bond acceptors (Lipinski definition) is 5. The van der Waals surface area contributed by atoms with E-state index in [4.69, 9.17) is 16.3 Å². The van der Waals surface area contributed by atoms with Gasteiger partial charge in [0.05, 0.1) is 17.1 Å². The van der Waals surface area contributed by atoms with Crippen LogP contribution in [0.2, 0.25) is 5.28 Å². The van der Waals surface area contributed by atoms with Crippen LogP contribution in [-0.4, -0.2) is 34.8 Å². The largest absolute Gasteiger partial charge is 0.369 e. The molecule has 20 heavy (non-hydrogen) atoms. The van der Waals surface area contributed by atoms with Crippen LogP contribution in [0.1, 0.15) is 25.6 Å². The van der Waals surface area contributed by atoms with Crippen LogP contribution in [0.25, 0.3) is 10.2 Å². The second-order valence-electron chi connectivity index (χ2n) is 5.96. The predicted molar refractivity (Wildman–Crippen MR) is 84.0 cm³/mol. The van der Waals surface area contributed by atoms with Crippen molar-refractivity contribution in [2.45, 2.75) is 39.4 Å². The van der Waals surface area contributed by atoms with Crippen molar-refractivity contribution >= 4 is 39.0 Å². The molecule has 3 heterocycles. The third-order valence-corrected chi connectivity index (χ3v) is 4.45. The third-order valence-electron chi connectivity index (χ3n) is 3.34. The molecule has 0 amide bonds. The molecule has 108 valence electrons. The fraction of sp³-hybridized carbons (Fsp3) is 0.571. The standard InChI is InChI=1S/C14H18ClN3OS/c1-8-6-18(7-14(3,4)19-8)11-10-5-9(2)20-12(10)17-13(15)16-11/h5,8H,6-7H2,1-4H3. The number of anilines is 1. The van der Waals surface area contributed by atoms with Gasteiger partial charge in [0.15, 0.2) is 0 Å². The molecule has 3 rings (SSSR count). The first-order valence-corrected chi connectivity index (χ1v) is 7.90. The fourth-order valence-electron chi connectivity index (χ4n) is 2.86. The zero-order valence-electron chi connectivity index (χ0n) is 12.1. The lowest BCUT2D eigenvalue weighted by Crippen LogP contribution is -2.52. The maximum atomic E-state index is 6.09. The van der Waals surface area contributed by atoms with Crippen LogP contribution in [0.3, 0.4) is 0 Å². The van der Waals surface area contributed by atoms with Gasteiger partial charge in [0.1, 0.15) is 10.6 Å². The molecule has 0 aromatic carbocycles. The van der Waals surface area contributed by atoms with Crippen molar-refractivity contribution in [2.24, 2.45) is 0 Å². The Bertz CT molecular complexity index is 655. The van der Waals surface area contributed by atoms with E-state index in [1.807, 2.05) is 0 Å². The zero-order chi connectivity index (χ0) is 14.5. The topological polar surface area (TPSA) is 38.2 Å². The van der Waals surface area contributed by atoms with E-state index in [2.05, 4.69) is 48.6 Å². The molecule has 1 unspecified atom stereocenters. The Kier molecular flexibility index (Phi) is 3.39. The third kappa shape index (κ3) is 2.62. The number of halogens is 1. The number of nitrogens with zero attached hydrogens (tertiary/aromatic N) is 3. The number of fused-ring (bicyclic) bond motifs is 1. The summed E-state index contributed by atoms with van der Waals surface area (Å²) in [5.41, 5.74) is -0.188. The average molecular weight is 312 g/mol. The van der Waals surface area contributed by atoms with Crippen LogP contribution in [0.15, 0.2) is 6.07 Å². The van der Waals surface area contributed by atoms with E-state index in [1.54, 1.807) is 11.3 Å². The Morgan fingerprint density at radius 1 is 1.45 bits per heavy atom. The van der Waals surface area contributed by atoms with Gasteiger partial charge >= 0.3 is 0 Å². The molecule has 6 heteroatoms. The number of thiophene rings is 1. The zero-order valence-corrected chi connectivity index (χ0v) is 13.7. The first-order chi connectivity index (χ1) is 9.34. The molecule has 1 atom stereocenters. The highest BCUT2D eigenvalue weighted by atomic mass is 35.5. The Balaban J connectivity index is 2.09. The van der Waals surface area contributed by atoms with E-state index in [9.17, 15) is 0 Å². The molecule has 0 spiro atoms. The first-order valence-electron chi connectivity index (χ1n) is 6.70. The molecular formula is C14H18ClN3OS. The van der Waals surface area contributed by atoms with Gasteiger partial charge in [-0.3, -0.25) is 0 Å². The summed E-state index contributed by atoms with van der Waals surface area (Å²) in [6.45, 7) is 10.0. The van der Waals surface area contributed by atoms with Crippen molar-refractivity contribution in [1.82, 2.24) is 9.97 Å². The Hall–Kier alpha value is -0.910. The van der Waals surface area contributed by atoms with Crippen LogP contribution in [-0.2, 0) is 4.74 Å². The maximum absolute atomic E-state index is 6.09. The highest BCUT2D eigenvalue weighted by Crippen LogP contribution is 2.34. The van der Waals surface area contributed by atoms with Crippen molar-refractivity contribution in [3.63, 3.8) is 0 Å². The van der Waals surface area contributed by atoms with Crippen molar-refractivity contribution in [3.05, 3.63) is 16.2 Å². The minimum atomic E-state index is -0.188. The summed E-state index contributed by atoms with van der Waals surface area (Å²) in [5.74, 6) is 0.924. The number of morpholine rings is 1. The van der Waals surface area contributed by atoms with Crippen molar-refractivity contribution < 1.29 is 4.74 Å². The van der Waals surface area contributed by atoms with Gasteiger partial charge in [0.25, 0.3) is 0 Å². The average Bonchev–Trinajstić information content (AvgIpc) is 2.65. The molecule has 1 saturated heterocycles. The van der Waals surface area contributed by atoms with Gasteiger partial charge in [-0.1, -0.05) is 0 Å². The fourth-order valence-corrected chi connectivity index (χ4v) is 3.95. The normalized spacial score (nSPS) is 22.4. The van der Waals surface area contributed by atoms with E-state index in [0.29, 0.717) is 5.28 Å². The number of aromatic nitrogens is 2. The highest BCUT2D eigenvalue weighted by molar-refractivity contribution is 7.18. The second-order valence-corrected chi connectivity index (χ2v) is 7.53. The van der Waals surface area contributed by atoms with Crippen LogP contribution in [0, 0.1) is 6.92 Å². The van der Waals surface area contributed by atoms with E-state index in [0.717, 1.165) is 29.1 Å². The summed E-state index contributed by atoms with van der Waals surface area (Å²) in [6.07, 6.45) is 0.169. The molecule has 0 radical (unpaired) electrons.